The van der Waals surface area contributed by atoms with E-state index < -0.39 is 0 Å². The Balaban J connectivity index is 0.953. The molecule has 0 saturated heterocycles. The molecule has 0 spiro atoms. The Labute approximate surface area is 537 Å². The molecule has 2 aromatic heterocycles. The number of hydrogen-bond donors (Lipinski definition) is 0. The van der Waals surface area contributed by atoms with Gasteiger partial charge in [-0.05, 0) is 232 Å². The van der Waals surface area contributed by atoms with Crippen LogP contribution in [0.3, 0.4) is 0 Å². The van der Waals surface area contributed by atoms with Crippen molar-refractivity contribution in [1.82, 2.24) is 0 Å². The Morgan fingerprint density at radius 3 is 1.35 bits per heavy atom. The van der Waals surface area contributed by atoms with Crippen LogP contribution in [-0.4, -0.2) is 32.6 Å². The highest BCUT2D eigenvalue weighted by Crippen LogP contribution is 2.56. The number of rotatable bonds is 7. The van der Waals surface area contributed by atoms with Crippen molar-refractivity contribution in [1.29, 1.82) is 0 Å². The van der Waals surface area contributed by atoms with E-state index in [1.807, 2.05) is 22.7 Å². The summed E-state index contributed by atoms with van der Waals surface area (Å²) in [6.45, 7) is 13.1. The van der Waals surface area contributed by atoms with E-state index in [0.717, 1.165) is 62.6 Å². The van der Waals surface area contributed by atoms with Gasteiger partial charge in [-0.15, -0.1) is 0 Å². The quantitative estimate of drug-likeness (QED) is 0.115. The van der Waals surface area contributed by atoms with Crippen LogP contribution in [0.2, 0.25) is 0 Å². The molecule has 0 fully saturated rings. The first kappa shape index (κ1) is 53.3. The molecule has 0 N–H and O–H groups in total. The van der Waals surface area contributed by atoms with Crippen LogP contribution >= 0.6 is 46.6 Å². The molecule has 0 atom stereocenters. The molecule has 13 heteroatoms. The maximum atomic E-state index is 7.90. The first-order valence-electron chi connectivity index (χ1n) is 30.6. The van der Waals surface area contributed by atoms with E-state index >= 15 is 0 Å². The third kappa shape index (κ3) is 7.50. The molecule has 0 amide bonds. The van der Waals surface area contributed by atoms with Crippen molar-refractivity contribution in [3.05, 3.63) is 234 Å². The second kappa shape index (κ2) is 19.9. The number of benzene rings is 10. The van der Waals surface area contributed by atoms with Gasteiger partial charge >= 0.3 is 0 Å². The first-order chi connectivity index (χ1) is 43.6. The van der Waals surface area contributed by atoms with Crippen molar-refractivity contribution < 1.29 is 9.47 Å². The fraction of sp³-hybridized carbons (Fsp3) is 0.105. The molecule has 6 aliphatic heterocycles. The second-order valence-electron chi connectivity index (χ2n) is 24.5. The van der Waals surface area contributed by atoms with Gasteiger partial charge in [0.25, 0.3) is 20.1 Å². The van der Waals surface area contributed by atoms with Crippen molar-refractivity contribution >= 4 is 170 Å². The van der Waals surface area contributed by atoms with E-state index in [0.29, 0.717) is 0 Å². The number of anilines is 10. The summed E-state index contributed by atoms with van der Waals surface area (Å²) in [4.78, 5) is 5.19. The third-order valence-corrected chi connectivity index (χ3v) is 23.6. The lowest BCUT2D eigenvalue weighted by molar-refractivity contribution is 0.487. The molecule has 0 aliphatic carbocycles. The van der Waals surface area contributed by atoms with Gasteiger partial charge in [-0.25, -0.2) is 0 Å². The Morgan fingerprint density at radius 1 is 0.337 bits per heavy atom. The van der Waals surface area contributed by atoms with E-state index in [9.17, 15) is 0 Å². The third-order valence-electron chi connectivity index (χ3n) is 19.5. The SMILES string of the molecule is CSN1c2cc(-c3c(C)cccc3C)cc3c2B(c2ccccc2O3)c2sc3c(c21)Oc1cc(-c2c(C)cccc2C)cc2c1B3c1sc3c(c1N2SC)N(c1ccccc1)c1cc(-c2c(C)cccc2C)cc2c1B3c1ccccc1N2c1ccccc1. The molecule has 0 saturated carbocycles. The summed E-state index contributed by atoms with van der Waals surface area (Å²) in [7, 11) is 0. The number of aryl methyl sites for hydroxylation is 6. The van der Waals surface area contributed by atoms with Crippen LogP contribution < -0.4 is 74.3 Å². The average molecular weight is 1220 g/mol. The number of fused-ring (bicyclic) bond motifs is 14. The number of nitrogens with zero attached hydrogens (tertiary/aromatic N) is 4. The second-order valence-corrected chi connectivity index (χ2v) is 28.1. The van der Waals surface area contributed by atoms with E-state index in [1.54, 1.807) is 23.9 Å². The lowest BCUT2D eigenvalue weighted by Gasteiger charge is -2.44. The summed E-state index contributed by atoms with van der Waals surface area (Å²) in [5.74, 6) is 3.65. The van der Waals surface area contributed by atoms with Gasteiger partial charge in [0, 0.05) is 60.1 Å². The van der Waals surface area contributed by atoms with Crippen molar-refractivity contribution in [2.24, 2.45) is 0 Å². The predicted molar refractivity (Wildman–Crippen MR) is 387 cm³/mol. The highest BCUT2D eigenvalue weighted by Gasteiger charge is 2.55. The van der Waals surface area contributed by atoms with Crippen LogP contribution in [0.15, 0.2) is 200 Å². The minimum absolute atomic E-state index is 0.0919. The number of ether oxygens (including phenoxy) is 2. The summed E-state index contributed by atoms with van der Waals surface area (Å²) in [6, 6.07) is 74.8. The Morgan fingerprint density at radius 2 is 0.764 bits per heavy atom. The molecular weight excluding hydrogens is 1160 g/mol. The monoisotopic (exact) mass is 1220 g/mol. The standard InChI is InChI=1S/C76H57B3N4O2S4/c1-42-22-19-23-43(2)63(42)48-36-56-66-57(37-48)81(52-30-13-10-14-31-52)69-70-74(88-73(69)77(66)53-32-15-17-34-55(53)80(56)51-28-11-9-12-29-51)79-68-59(82(70)86-7)39-50(65-46(5)26-21-27-47(65)6)41-62(68)85-72-71-75(89-76(72)79)78-54-33-16-18-35-60(54)84-61-40-49(38-58(67(61)78)83(71)87-8)64-44(3)24-20-25-45(64)4/h9-41H,1-8H3. The molecule has 0 unspecified atom stereocenters. The van der Waals surface area contributed by atoms with Crippen molar-refractivity contribution in [2.45, 2.75) is 41.5 Å². The number of para-hydroxylation sites is 4. The van der Waals surface area contributed by atoms with Gasteiger partial charge < -0.3 is 19.3 Å². The minimum atomic E-state index is -0.169. The van der Waals surface area contributed by atoms with Crippen LogP contribution in [-0.2, 0) is 0 Å². The van der Waals surface area contributed by atoms with E-state index in [-0.39, 0.29) is 20.1 Å². The van der Waals surface area contributed by atoms with E-state index in [4.69, 9.17) is 9.47 Å². The zero-order valence-corrected chi connectivity index (χ0v) is 53.8. The molecule has 0 radical (unpaired) electrons. The van der Waals surface area contributed by atoms with Gasteiger partial charge in [-0.2, -0.15) is 22.7 Å². The largest absolute Gasteiger partial charge is 0.458 e. The van der Waals surface area contributed by atoms with Gasteiger partial charge in [0.2, 0.25) is 0 Å². The van der Waals surface area contributed by atoms with Gasteiger partial charge in [0.1, 0.15) is 22.9 Å². The summed E-state index contributed by atoms with van der Waals surface area (Å²) >= 11 is 7.51. The molecule has 8 heterocycles. The molecule has 426 valence electrons. The van der Waals surface area contributed by atoms with Crippen LogP contribution in [0, 0.1) is 41.5 Å². The molecule has 89 heavy (non-hydrogen) atoms. The van der Waals surface area contributed by atoms with Gasteiger partial charge in [0.15, 0.2) is 5.75 Å². The van der Waals surface area contributed by atoms with Crippen LogP contribution in [0.4, 0.5) is 56.9 Å². The molecule has 10 aromatic carbocycles. The van der Waals surface area contributed by atoms with Gasteiger partial charge in [-0.3, -0.25) is 8.61 Å². The Bertz CT molecular complexity index is 4990. The minimum Gasteiger partial charge on any atom is -0.458 e. The molecule has 6 aliphatic rings. The van der Waals surface area contributed by atoms with Crippen molar-refractivity contribution in [3.8, 4) is 56.4 Å². The summed E-state index contributed by atoms with van der Waals surface area (Å²) in [6.07, 6.45) is 4.48. The topological polar surface area (TPSA) is 31.4 Å². The molecule has 18 rings (SSSR count). The molecular formula is C76H57B3N4O2S4. The summed E-state index contributed by atoms with van der Waals surface area (Å²) < 4.78 is 25.3. The molecule has 12 aromatic rings. The van der Waals surface area contributed by atoms with Crippen LogP contribution in [0.5, 0.6) is 23.0 Å². The summed E-state index contributed by atoms with van der Waals surface area (Å²) in [5, 5.41) is 0. The van der Waals surface area contributed by atoms with Crippen molar-refractivity contribution in [2.75, 3.05) is 30.9 Å². The smallest absolute Gasteiger partial charge is 0.281 e. The van der Waals surface area contributed by atoms with E-state index in [1.165, 1.54) is 130 Å². The lowest BCUT2D eigenvalue weighted by Crippen LogP contribution is -2.60. The van der Waals surface area contributed by atoms with Crippen LogP contribution in [0.1, 0.15) is 33.4 Å². The predicted octanol–water partition coefficient (Wildman–Crippen LogP) is 15.4. The fourth-order valence-corrected chi connectivity index (χ4v) is 20.6. The van der Waals surface area contributed by atoms with E-state index in [2.05, 4.69) is 273 Å². The zero-order chi connectivity index (χ0) is 59.8. The Hall–Kier alpha value is -8.71. The maximum absolute atomic E-state index is 7.90. The normalized spacial score (nSPS) is 14.0. The molecule has 0 bridgehead atoms. The lowest BCUT2D eigenvalue weighted by atomic mass is 9.36. The van der Waals surface area contributed by atoms with Gasteiger partial charge in [0.05, 0.1) is 22.7 Å². The summed E-state index contributed by atoms with van der Waals surface area (Å²) in [5.41, 5.74) is 32.6. The maximum Gasteiger partial charge on any atom is 0.281 e. The zero-order valence-electron chi connectivity index (χ0n) is 50.5. The highest BCUT2D eigenvalue weighted by atomic mass is 32.2. The molecule has 6 nitrogen and oxygen atoms in total. The highest BCUT2D eigenvalue weighted by molar-refractivity contribution is 8.00. The number of thiophene rings is 2. The first-order valence-corrected chi connectivity index (χ1v) is 34.6. The van der Waals surface area contributed by atoms with Gasteiger partial charge in [-0.1, -0.05) is 127 Å². The average Bonchev–Trinajstić information content (AvgIpc) is 1.60. The van der Waals surface area contributed by atoms with Crippen LogP contribution in [0.25, 0.3) is 33.4 Å². The fourth-order valence-electron chi connectivity index (χ4n) is 16.0. The Kier molecular flexibility index (Phi) is 11.9. The van der Waals surface area contributed by atoms with Crippen molar-refractivity contribution in [3.63, 3.8) is 0 Å². The number of hydrogen-bond acceptors (Lipinski definition) is 10.